The van der Waals surface area contributed by atoms with E-state index in [1.54, 1.807) is 25.1 Å². The smallest absolute Gasteiger partial charge is 0.336 e. The molecule has 150 valence electrons. The molecule has 29 heavy (non-hydrogen) atoms. The number of benzene rings is 2. The van der Waals surface area contributed by atoms with Crippen LogP contribution in [0.15, 0.2) is 55.8 Å². The SMILES string of the molecule is CCN(CC)c1ccc(/C=N/N=C/c2c(O)ccc3c(C)cc(=O)oc23)c(O)c1. The van der Waals surface area contributed by atoms with Gasteiger partial charge in [0.05, 0.1) is 18.0 Å². The molecule has 0 aliphatic carbocycles. The van der Waals surface area contributed by atoms with E-state index in [1.165, 1.54) is 24.6 Å². The van der Waals surface area contributed by atoms with Gasteiger partial charge in [-0.1, -0.05) is 0 Å². The Morgan fingerprint density at radius 2 is 1.72 bits per heavy atom. The lowest BCUT2D eigenvalue weighted by Crippen LogP contribution is -2.21. The fourth-order valence-corrected chi connectivity index (χ4v) is 3.13. The Labute approximate surface area is 168 Å². The van der Waals surface area contributed by atoms with Crippen molar-refractivity contribution in [3.63, 3.8) is 0 Å². The summed E-state index contributed by atoms with van der Waals surface area (Å²) in [6.07, 6.45) is 2.74. The Morgan fingerprint density at radius 1 is 1.00 bits per heavy atom. The molecule has 0 amide bonds. The standard InChI is InChI=1S/C22H23N3O4/c1-4-25(5-2)16-7-6-15(20(27)11-16)12-23-24-13-18-19(26)9-8-17-14(3)10-21(28)29-22(17)18/h6-13,26-27H,4-5H2,1-3H3/b23-12+,24-13+. The van der Waals surface area contributed by atoms with Crippen molar-refractivity contribution in [1.29, 1.82) is 0 Å². The van der Waals surface area contributed by atoms with Gasteiger partial charge in [-0.25, -0.2) is 4.79 Å². The van der Waals surface area contributed by atoms with Crippen molar-refractivity contribution in [3.8, 4) is 11.5 Å². The molecule has 0 atom stereocenters. The van der Waals surface area contributed by atoms with Crippen LogP contribution in [0.4, 0.5) is 5.69 Å². The zero-order valence-electron chi connectivity index (χ0n) is 16.6. The van der Waals surface area contributed by atoms with Crippen molar-refractivity contribution >= 4 is 29.1 Å². The van der Waals surface area contributed by atoms with E-state index in [9.17, 15) is 15.0 Å². The molecule has 7 heteroatoms. The summed E-state index contributed by atoms with van der Waals surface area (Å²) in [6, 6.07) is 9.94. The molecule has 7 nitrogen and oxygen atoms in total. The van der Waals surface area contributed by atoms with Crippen molar-refractivity contribution in [2.24, 2.45) is 10.2 Å². The van der Waals surface area contributed by atoms with Gasteiger partial charge in [-0.3, -0.25) is 0 Å². The van der Waals surface area contributed by atoms with Gasteiger partial charge in [0.25, 0.3) is 0 Å². The highest BCUT2D eigenvalue weighted by molar-refractivity contribution is 6.00. The molecule has 0 saturated carbocycles. The van der Waals surface area contributed by atoms with E-state index in [4.69, 9.17) is 4.42 Å². The van der Waals surface area contributed by atoms with E-state index >= 15 is 0 Å². The molecule has 3 rings (SSSR count). The van der Waals surface area contributed by atoms with Crippen LogP contribution in [-0.4, -0.2) is 35.7 Å². The quantitative estimate of drug-likeness (QED) is 0.377. The number of phenolic OH excluding ortho intramolecular Hbond substituents is 2. The van der Waals surface area contributed by atoms with Crippen molar-refractivity contribution < 1.29 is 14.6 Å². The Bertz CT molecular complexity index is 1140. The Hall–Kier alpha value is -3.61. The number of hydrogen-bond donors (Lipinski definition) is 2. The second kappa shape index (κ2) is 8.60. The minimum absolute atomic E-state index is 0.0726. The van der Waals surface area contributed by atoms with Crippen LogP contribution in [0.25, 0.3) is 11.0 Å². The molecule has 3 aromatic rings. The number of aryl methyl sites for hydroxylation is 1. The van der Waals surface area contributed by atoms with Crippen LogP contribution >= 0.6 is 0 Å². The number of fused-ring (bicyclic) bond motifs is 1. The van der Waals surface area contributed by atoms with Crippen molar-refractivity contribution in [2.75, 3.05) is 18.0 Å². The number of nitrogens with zero attached hydrogens (tertiary/aromatic N) is 3. The molecule has 2 aromatic carbocycles. The molecule has 2 N–H and O–H groups in total. The van der Waals surface area contributed by atoms with Crippen LogP contribution in [-0.2, 0) is 0 Å². The molecule has 1 heterocycles. The lowest BCUT2D eigenvalue weighted by Gasteiger charge is -2.21. The predicted octanol–water partition coefficient (Wildman–Crippen LogP) is 3.81. The topological polar surface area (TPSA) is 98.6 Å². The summed E-state index contributed by atoms with van der Waals surface area (Å²) in [7, 11) is 0. The third-order valence-electron chi connectivity index (χ3n) is 4.73. The minimum Gasteiger partial charge on any atom is -0.507 e. The molecular formula is C22H23N3O4. The summed E-state index contributed by atoms with van der Waals surface area (Å²) >= 11 is 0. The lowest BCUT2D eigenvalue weighted by molar-refractivity contribution is 0.472. The lowest BCUT2D eigenvalue weighted by atomic mass is 10.1. The average Bonchev–Trinajstić information content (AvgIpc) is 2.68. The van der Waals surface area contributed by atoms with E-state index < -0.39 is 5.63 Å². The van der Waals surface area contributed by atoms with Gasteiger partial charge in [-0.15, -0.1) is 0 Å². The van der Waals surface area contributed by atoms with Crippen LogP contribution in [0, 0.1) is 6.92 Å². The summed E-state index contributed by atoms with van der Waals surface area (Å²) < 4.78 is 5.24. The summed E-state index contributed by atoms with van der Waals surface area (Å²) in [4.78, 5) is 13.8. The minimum atomic E-state index is -0.503. The van der Waals surface area contributed by atoms with Crippen molar-refractivity contribution in [1.82, 2.24) is 0 Å². The van der Waals surface area contributed by atoms with Crippen LogP contribution in [0.3, 0.4) is 0 Å². The highest BCUT2D eigenvalue weighted by Gasteiger charge is 2.10. The van der Waals surface area contributed by atoms with Gasteiger partial charge in [0.2, 0.25) is 0 Å². The highest BCUT2D eigenvalue weighted by Crippen LogP contribution is 2.27. The van der Waals surface area contributed by atoms with Gasteiger partial charge in [0.15, 0.2) is 5.58 Å². The van der Waals surface area contributed by atoms with Crippen LogP contribution < -0.4 is 10.5 Å². The Balaban J connectivity index is 1.88. The molecule has 0 aliphatic heterocycles. The first-order valence-electron chi connectivity index (χ1n) is 9.35. The predicted molar refractivity (Wildman–Crippen MR) is 116 cm³/mol. The number of phenols is 2. The number of rotatable bonds is 6. The zero-order valence-corrected chi connectivity index (χ0v) is 16.6. The summed E-state index contributed by atoms with van der Waals surface area (Å²) in [6.45, 7) is 7.59. The van der Waals surface area contributed by atoms with Gasteiger partial charge in [-0.2, -0.15) is 10.2 Å². The summed E-state index contributed by atoms with van der Waals surface area (Å²) in [5, 5.41) is 29.0. The maximum atomic E-state index is 11.7. The molecule has 0 fully saturated rings. The molecular weight excluding hydrogens is 370 g/mol. The first kappa shape index (κ1) is 20.1. The second-order valence-corrected chi connectivity index (χ2v) is 6.53. The molecule has 0 aliphatic rings. The molecule has 1 aromatic heterocycles. The monoisotopic (exact) mass is 393 g/mol. The van der Waals surface area contributed by atoms with E-state index in [0.717, 1.165) is 24.3 Å². The number of anilines is 1. The first-order valence-corrected chi connectivity index (χ1v) is 9.35. The van der Waals surface area contributed by atoms with Gasteiger partial charge in [0.1, 0.15) is 11.5 Å². The largest absolute Gasteiger partial charge is 0.507 e. The van der Waals surface area contributed by atoms with Gasteiger partial charge < -0.3 is 19.5 Å². The maximum Gasteiger partial charge on any atom is 0.336 e. The second-order valence-electron chi connectivity index (χ2n) is 6.53. The third-order valence-corrected chi connectivity index (χ3v) is 4.73. The first-order chi connectivity index (χ1) is 13.9. The van der Waals surface area contributed by atoms with E-state index in [0.29, 0.717) is 10.9 Å². The number of aromatic hydroxyl groups is 2. The third kappa shape index (κ3) is 4.29. The molecule has 0 radical (unpaired) electrons. The normalized spacial score (nSPS) is 11.7. The summed E-state index contributed by atoms with van der Waals surface area (Å²) in [5.74, 6) is 0.0274. The van der Waals surface area contributed by atoms with Gasteiger partial charge in [-0.05, 0) is 50.6 Å². The molecule has 0 saturated heterocycles. The zero-order chi connectivity index (χ0) is 21.0. The average molecular weight is 393 g/mol. The Kier molecular flexibility index (Phi) is 5.97. The fourth-order valence-electron chi connectivity index (χ4n) is 3.13. The van der Waals surface area contributed by atoms with Crippen LogP contribution in [0.2, 0.25) is 0 Å². The summed E-state index contributed by atoms with van der Waals surface area (Å²) in [5.41, 5.74) is 2.20. The van der Waals surface area contributed by atoms with E-state index in [2.05, 4.69) is 29.0 Å². The Morgan fingerprint density at radius 3 is 2.41 bits per heavy atom. The van der Waals surface area contributed by atoms with Crippen molar-refractivity contribution in [2.45, 2.75) is 20.8 Å². The van der Waals surface area contributed by atoms with E-state index in [1.807, 2.05) is 6.07 Å². The van der Waals surface area contributed by atoms with Crippen LogP contribution in [0.5, 0.6) is 11.5 Å². The van der Waals surface area contributed by atoms with Crippen molar-refractivity contribution in [3.05, 3.63) is 63.5 Å². The molecule has 0 bridgehead atoms. The fraction of sp³-hybridized carbons (Fsp3) is 0.227. The van der Waals surface area contributed by atoms with Gasteiger partial charge >= 0.3 is 5.63 Å². The maximum absolute atomic E-state index is 11.7. The van der Waals surface area contributed by atoms with Crippen LogP contribution in [0.1, 0.15) is 30.5 Å². The molecule has 0 unspecified atom stereocenters. The van der Waals surface area contributed by atoms with Gasteiger partial charge in [0, 0.05) is 41.9 Å². The highest BCUT2D eigenvalue weighted by atomic mass is 16.4. The molecule has 0 spiro atoms. The number of hydrogen-bond acceptors (Lipinski definition) is 7. The van der Waals surface area contributed by atoms with E-state index in [-0.39, 0.29) is 22.6 Å².